The van der Waals surface area contributed by atoms with Crippen molar-refractivity contribution < 1.29 is 17.9 Å². The number of nitrogens with zero attached hydrogens (tertiary/aromatic N) is 3. The summed E-state index contributed by atoms with van der Waals surface area (Å²) in [7, 11) is -0.636. The van der Waals surface area contributed by atoms with Crippen LogP contribution in [0.5, 0.6) is 5.75 Å². The van der Waals surface area contributed by atoms with Crippen molar-refractivity contribution in [3.8, 4) is 5.75 Å². The van der Waals surface area contributed by atoms with Crippen LogP contribution in [-0.2, 0) is 16.6 Å². The molecule has 9 heteroatoms. The molecule has 1 amide bonds. The minimum absolute atomic E-state index is 0.0735. The van der Waals surface area contributed by atoms with Gasteiger partial charge in [-0.15, -0.1) is 0 Å². The van der Waals surface area contributed by atoms with Crippen LogP contribution in [0, 0.1) is 0 Å². The first-order valence-corrected chi connectivity index (χ1v) is 13.1. The number of carbonyl (C=O) groups is 1. The summed E-state index contributed by atoms with van der Waals surface area (Å²) in [4.78, 5) is 17.5. The molecule has 0 saturated carbocycles. The standard InChI is InChI=1S/C26H28ClN3O4S/c1-28(35(32,33)24-9-4-3-5-10-24)19-21-17-20(11-12-25(21)34-2)26(31)30-15-13-29(14-16-30)23-8-6-7-22(27)18-23/h3-12,17-18H,13-16,19H2,1-2H3. The highest BCUT2D eigenvalue weighted by molar-refractivity contribution is 7.89. The number of hydrogen-bond donors (Lipinski definition) is 0. The van der Waals surface area contributed by atoms with Gasteiger partial charge in [-0.25, -0.2) is 8.42 Å². The summed E-state index contributed by atoms with van der Waals surface area (Å²) in [5.41, 5.74) is 2.17. The van der Waals surface area contributed by atoms with E-state index in [0.29, 0.717) is 48.1 Å². The lowest BCUT2D eigenvalue weighted by Crippen LogP contribution is -2.48. The van der Waals surface area contributed by atoms with Gasteiger partial charge in [-0.3, -0.25) is 4.79 Å². The highest BCUT2D eigenvalue weighted by Crippen LogP contribution is 2.26. The Morgan fingerprint density at radius 1 is 0.971 bits per heavy atom. The van der Waals surface area contributed by atoms with Crippen molar-refractivity contribution >= 4 is 33.2 Å². The van der Waals surface area contributed by atoms with Gasteiger partial charge in [-0.2, -0.15) is 4.31 Å². The Hall–Kier alpha value is -3.07. The molecule has 1 saturated heterocycles. The van der Waals surface area contributed by atoms with Gasteiger partial charge in [0.05, 0.1) is 12.0 Å². The Morgan fingerprint density at radius 3 is 2.34 bits per heavy atom. The number of benzene rings is 3. The maximum absolute atomic E-state index is 13.3. The third-order valence-electron chi connectivity index (χ3n) is 6.11. The van der Waals surface area contributed by atoms with E-state index in [2.05, 4.69) is 4.90 Å². The smallest absolute Gasteiger partial charge is 0.253 e. The van der Waals surface area contributed by atoms with Crippen molar-refractivity contribution in [3.63, 3.8) is 0 Å². The van der Waals surface area contributed by atoms with Crippen LogP contribution in [0.25, 0.3) is 0 Å². The SMILES string of the molecule is COc1ccc(C(=O)N2CCN(c3cccc(Cl)c3)CC2)cc1CN(C)S(=O)(=O)c1ccccc1. The summed E-state index contributed by atoms with van der Waals surface area (Å²) >= 11 is 6.12. The van der Waals surface area contributed by atoms with Crippen LogP contribution in [0.15, 0.2) is 77.7 Å². The molecule has 3 aromatic carbocycles. The van der Waals surface area contributed by atoms with Crippen LogP contribution in [0.1, 0.15) is 15.9 Å². The zero-order valence-electron chi connectivity index (χ0n) is 19.7. The zero-order chi connectivity index (χ0) is 25.0. The fourth-order valence-corrected chi connectivity index (χ4v) is 5.51. The van der Waals surface area contributed by atoms with Crippen LogP contribution in [0.4, 0.5) is 5.69 Å². The van der Waals surface area contributed by atoms with E-state index in [9.17, 15) is 13.2 Å². The third kappa shape index (κ3) is 5.61. The molecule has 35 heavy (non-hydrogen) atoms. The lowest BCUT2D eigenvalue weighted by molar-refractivity contribution is 0.0746. The van der Waals surface area contributed by atoms with Gasteiger partial charge in [0.25, 0.3) is 5.91 Å². The molecule has 1 fully saturated rings. The molecule has 1 aliphatic rings. The highest BCUT2D eigenvalue weighted by Gasteiger charge is 2.25. The number of rotatable bonds is 7. The van der Waals surface area contributed by atoms with Gasteiger partial charge in [-0.05, 0) is 48.5 Å². The summed E-state index contributed by atoms with van der Waals surface area (Å²) < 4.78 is 32.7. The fraction of sp³-hybridized carbons (Fsp3) is 0.269. The quantitative estimate of drug-likeness (QED) is 0.475. The molecule has 0 bridgehead atoms. The van der Waals surface area contributed by atoms with E-state index in [-0.39, 0.29) is 17.3 Å². The first-order valence-electron chi connectivity index (χ1n) is 11.3. The Labute approximate surface area is 211 Å². The highest BCUT2D eigenvalue weighted by atomic mass is 35.5. The van der Waals surface area contributed by atoms with Crippen LogP contribution in [0.3, 0.4) is 0 Å². The van der Waals surface area contributed by atoms with E-state index in [1.807, 2.05) is 29.2 Å². The van der Waals surface area contributed by atoms with E-state index in [0.717, 1.165) is 5.69 Å². The number of halogens is 1. The van der Waals surface area contributed by atoms with Crippen molar-refractivity contribution in [2.24, 2.45) is 0 Å². The van der Waals surface area contributed by atoms with E-state index in [4.69, 9.17) is 16.3 Å². The monoisotopic (exact) mass is 513 g/mol. The van der Waals surface area contributed by atoms with E-state index >= 15 is 0 Å². The van der Waals surface area contributed by atoms with Crippen molar-refractivity contribution in [1.29, 1.82) is 0 Å². The Kier molecular flexibility index (Phi) is 7.64. The average molecular weight is 514 g/mol. The number of carbonyl (C=O) groups excluding carboxylic acids is 1. The fourth-order valence-electron chi connectivity index (χ4n) is 4.16. The van der Waals surface area contributed by atoms with E-state index in [1.165, 1.54) is 18.5 Å². The second-order valence-electron chi connectivity index (χ2n) is 8.36. The average Bonchev–Trinajstić information content (AvgIpc) is 2.88. The number of piperazine rings is 1. The molecule has 0 atom stereocenters. The third-order valence-corrected chi connectivity index (χ3v) is 8.16. The van der Waals surface area contributed by atoms with Crippen molar-refractivity contribution in [1.82, 2.24) is 9.21 Å². The van der Waals surface area contributed by atoms with E-state index in [1.54, 1.807) is 48.5 Å². The Morgan fingerprint density at radius 2 is 1.69 bits per heavy atom. The van der Waals surface area contributed by atoms with Gasteiger partial charge in [0, 0.05) is 61.6 Å². The van der Waals surface area contributed by atoms with Crippen LogP contribution >= 0.6 is 11.6 Å². The molecule has 0 aliphatic carbocycles. The first kappa shape index (κ1) is 25.0. The van der Waals surface area contributed by atoms with Gasteiger partial charge < -0.3 is 14.5 Å². The second-order valence-corrected chi connectivity index (χ2v) is 10.8. The molecule has 0 N–H and O–H groups in total. The lowest BCUT2D eigenvalue weighted by Gasteiger charge is -2.36. The maximum atomic E-state index is 13.3. The van der Waals surface area contributed by atoms with Crippen LogP contribution < -0.4 is 9.64 Å². The minimum Gasteiger partial charge on any atom is -0.496 e. The van der Waals surface area contributed by atoms with Crippen molar-refractivity contribution in [2.45, 2.75) is 11.4 Å². The van der Waals surface area contributed by atoms with Crippen molar-refractivity contribution in [2.75, 3.05) is 45.2 Å². The zero-order valence-corrected chi connectivity index (χ0v) is 21.3. The molecule has 0 radical (unpaired) electrons. The molecule has 0 spiro atoms. The van der Waals surface area contributed by atoms with E-state index < -0.39 is 10.0 Å². The van der Waals surface area contributed by atoms with Gasteiger partial charge >= 0.3 is 0 Å². The van der Waals surface area contributed by atoms with Gasteiger partial charge in [-0.1, -0.05) is 35.9 Å². The number of sulfonamides is 1. The first-order chi connectivity index (χ1) is 16.8. The minimum atomic E-state index is -3.68. The second kappa shape index (κ2) is 10.7. The summed E-state index contributed by atoms with van der Waals surface area (Å²) in [6.07, 6.45) is 0. The predicted molar refractivity (Wildman–Crippen MR) is 138 cm³/mol. The summed E-state index contributed by atoms with van der Waals surface area (Å²) in [5.74, 6) is 0.440. The van der Waals surface area contributed by atoms with Gasteiger partial charge in [0.2, 0.25) is 10.0 Å². The summed E-state index contributed by atoms with van der Waals surface area (Å²) in [6, 6.07) is 21.1. The van der Waals surface area contributed by atoms with Crippen molar-refractivity contribution in [3.05, 3.63) is 88.9 Å². The lowest BCUT2D eigenvalue weighted by atomic mass is 10.1. The largest absolute Gasteiger partial charge is 0.496 e. The number of ether oxygens (including phenoxy) is 1. The molecule has 0 aromatic heterocycles. The predicted octanol–water partition coefficient (Wildman–Crippen LogP) is 4.13. The molecular formula is C26H28ClN3O4S. The molecule has 1 heterocycles. The molecular weight excluding hydrogens is 486 g/mol. The molecule has 4 rings (SSSR count). The maximum Gasteiger partial charge on any atom is 0.253 e. The summed E-state index contributed by atoms with van der Waals surface area (Å²) in [5, 5.41) is 0.686. The molecule has 1 aliphatic heterocycles. The Bertz CT molecular complexity index is 1290. The summed E-state index contributed by atoms with van der Waals surface area (Å²) in [6.45, 7) is 2.63. The van der Waals surface area contributed by atoms with Gasteiger partial charge in [0.15, 0.2) is 0 Å². The molecule has 7 nitrogen and oxygen atoms in total. The van der Waals surface area contributed by atoms with Crippen LogP contribution in [-0.4, -0.2) is 63.9 Å². The normalized spacial score (nSPS) is 14.3. The molecule has 184 valence electrons. The molecule has 3 aromatic rings. The van der Waals surface area contributed by atoms with Gasteiger partial charge in [0.1, 0.15) is 5.75 Å². The number of amides is 1. The Balaban J connectivity index is 1.48. The topological polar surface area (TPSA) is 70.2 Å². The molecule has 0 unspecified atom stereocenters. The van der Waals surface area contributed by atoms with Crippen LogP contribution in [0.2, 0.25) is 5.02 Å². The number of hydrogen-bond acceptors (Lipinski definition) is 5. The number of anilines is 1. The number of methoxy groups -OCH3 is 1.